The first-order chi connectivity index (χ1) is 55.8. The molecule has 523 valence electrons. The number of hydrogen-bond donors (Lipinski definition) is 0. The van der Waals surface area contributed by atoms with Crippen molar-refractivity contribution in [2.75, 3.05) is 4.90 Å². The molecule has 7 aliphatic rings. The number of imidazole rings is 2. The third-order valence-corrected chi connectivity index (χ3v) is 19.8. The molecule has 23 rings (SSSR count). The van der Waals surface area contributed by atoms with Crippen LogP contribution in [0.3, 0.4) is 0 Å². The Morgan fingerprint density at radius 3 is 1.94 bits per heavy atom. The number of anilines is 1. The van der Waals surface area contributed by atoms with Gasteiger partial charge in [-0.3, -0.25) is 4.98 Å². The predicted molar refractivity (Wildman–Crippen MR) is 431 cm³/mol. The van der Waals surface area contributed by atoms with E-state index in [1.54, 1.807) is 12.4 Å². The monoisotopic (exact) mass is 1580 g/mol. The van der Waals surface area contributed by atoms with Crippen LogP contribution in [0.25, 0.3) is 94.8 Å². The average molecular weight is 1580 g/mol. The van der Waals surface area contributed by atoms with E-state index in [9.17, 15) is 0 Å². The summed E-state index contributed by atoms with van der Waals surface area (Å²) in [6.07, 6.45) is 23.3. The second-order valence-corrected chi connectivity index (χ2v) is 26.0. The number of pyridine rings is 3. The summed E-state index contributed by atoms with van der Waals surface area (Å²) in [7, 11) is 0. The molecular weight excluding hydrogens is 1500 g/mol. The standard InChI is InChI=1S/C24H17N2.C20H15N2.C15H10NO.C14H12N2.C12H10N.C11H8N.CH4.Ir/c1-3-11-19-17(8-1)10-7-15-21(19)26-23-14-6-5-13-22(23)25-16-18-9-2-4-12-20(18)24(25)26;1-3-9-17-15(6-1)8-5-11-19(17)22-13-12-21-14-16-7-2-4-10-18(16)20(21)22;1-11-13(14-7-4-5-9-16-14)10-12-6-2-3-8-15(12)17-11;1-2-7-13-11(5-1)9-14-15-8-4-3-6-12(15)10-16(13)14;1-2-6-11-10(5-1)9-13-8-4-3-7-12(11)13;1-2-6-10(7-3-1)11-8-4-5-9-12-11;;/h1-15H,16H2;1-13H,14H2;2-9H,1H2;1-8,10,14H,9H2;1-8H,9H2;1-6,8-9H;1H4;/q2*+1;-1;;+1;-1;;/i;;;;1D,2D,3D,4D,5D,6D,7D,8D;;;. The van der Waals surface area contributed by atoms with E-state index < -0.39 is 12.1 Å². The minimum atomic E-state index is -0.411. The minimum Gasteiger partial charge on any atom is -0.527 e. The van der Waals surface area contributed by atoms with Gasteiger partial charge in [-0.05, 0) is 101 Å². The summed E-state index contributed by atoms with van der Waals surface area (Å²) in [5.41, 5.74) is 19.7. The van der Waals surface area contributed by atoms with Gasteiger partial charge < -0.3 is 19.5 Å². The van der Waals surface area contributed by atoms with E-state index in [1.807, 2.05) is 84.9 Å². The quantitative estimate of drug-likeness (QED) is 0.130. The van der Waals surface area contributed by atoms with Crippen LogP contribution in [0, 0.1) is 12.1 Å². The van der Waals surface area contributed by atoms with Gasteiger partial charge in [0.05, 0.1) is 43.5 Å². The zero-order valence-corrected chi connectivity index (χ0v) is 60.4. The summed E-state index contributed by atoms with van der Waals surface area (Å²) in [6, 6.07) is 93.1. The van der Waals surface area contributed by atoms with Gasteiger partial charge in [-0.1, -0.05) is 231 Å². The van der Waals surface area contributed by atoms with Crippen molar-refractivity contribution in [3.05, 3.63) is 434 Å². The molecule has 0 bridgehead atoms. The zero-order valence-electron chi connectivity index (χ0n) is 66.0. The molecule has 11 aromatic carbocycles. The molecule has 1 atom stereocenters. The van der Waals surface area contributed by atoms with Crippen LogP contribution in [0.1, 0.15) is 51.9 Å². The normalized spacial score (nSPS) is 14.9. The molecular formula is C97H76IrN9O+. The summed E-state index contributed by atoms with van der Waals surface area (Å²) >= 11 is 0. The van der Waals surface area contributed by atoms with Crippen molar-refractivity contribution in [2.45, 2.75) is 39.6 Å². The van der Waals surface area contributed by atoms with Crippen LogP contribution in [-0.2, 0) is 46.2 Å². The number of fused-ring (bicyclic) bond motifs is 19. The fraction of sp³-hybridized carbons (Fsp3) is 0.0619. The molecule has 0 spiro atoms. The molecule has 11 heteroatoms. The van der Waals surface area contributed by atoms with E-state index in [4.69, 9.17) is 15.7 Å². The van der Waals surface area contributed by atoms with Crippen molar-refractivity contribution >= 4 is 43.8 Å². The van der Waals surface area contributed by atoms with Crippen molar-refractivity contribution < 1.29 is 49.5 Å². The Balaban J connectivity index is 0.000000106. The number of allylic oxidation sites excluding steroid dienone is 4. The largest absolute Gasteiger partial charge is 0.527 e. The van der Waals surface area contributed by atoms with Gasteiger partial charge in [-0.15, -0.1) is 48.0 Å². The third kappa shape index (κ3) is 13.4. The van der Waals surface area contributed by atoms with E-state index in [-0.39, 0.29) is 81.7 Å². The SMILES string of the molecule is C.C1=CC2=CN3c4ccccc4CC3N2C=C1.C=C1Oc2ccccc2[C-]=C1c1ccccn1.[2H]c1c([2H])c([2H])c2c(c1[2H])C[n+]1c([2H])c([2H])c([2H])c([2H])c1-2.[Ir].[c-]1ccccc1-c1ccccn1.c1ccc2c(c1)C[n+]1c-2n(-c2cccc3ccccc23)c2ccccc21.c1ccc2c(c1)C[n+]1ccn(-c3cccc4ccccc34)c1-2. The molecule has 0 N–H and O–H groups in total. The number of rotatable bonds is 4. The van der Waals surface area contributed by atoms with E-state index in [1.165, 1.54) is 99.4 Å². The topological polar surface area (TPSA) is 63.0 Å². The van der Waals surface area contributed by atoms with E-state index >= 15 is 0 Å². The summed E-state index contributed by atoms with van der Waals surface area (Å²) in [6.45, 7) is 5.82. The molecule has 10 nitrogen and oxygen atoms in total. The molecule has 12 heterocycles. The smallest absolute Gasteiger partial charge is 0.295 e. The second kappa shape index (κ2) is 30.9. The maximum Gasteiger partial charge on any atom is 0.295 e. The van der Waals surface area contributed by atoms with Gasteiger partial charge in [-0.2, -0.15) is 13.7 Å². The molecule has 0 saturated carbocycles. The van der Waals surface area contributed by atoms with Crippen LogP contribution in [0.15, 0.2) is 389 Å². The van der Waals surface area contributed by atoms with Gasteiger partial charge >= 0.3 is 0 Å². The molecule has 7 aliphatic heterocycles. The van der Waals surface area contributed by atoms with Gasteiger partial charge in [0.15, 0.2) is 23.8 Å². The first kappa shape index (κ1) is 60.1. The van der Waals surface area contributed by atoms with Crippen molar-refractivity contribution in [3.63, 3.8) is 0 Å². The number of benzene rings is 11. The van der Waals surface area contributed by atoms with Gasteiger partial charge in [-0.25, -0.2) is 9.13 Å². The maximum absolute atomic E-state index is 7.98. The summed E-state index contributed by atoms with van der Waals surface area (Å²) in [5.74, 6) is 3.92. The van der Waals surface area contributed by atoms with Crippen LogP contribution < -0.4 is 23.3 Å². The number of para-hydroxylation sites is 4. The Bertz CT molecular complexity index is 6530. The molecule has 5 aromatic heterocycles. The summed E-state index contributed by atoms with van der Waals surface area (Å²) < 4.78 is 79.0. The molecule has 16 aromatic rings. The number of aromatic nitrogens is 7. The van der Waals surface area contributed by atoms with Gasteiger partial charge in [0.25, 0.3) is 11.6 Å². The molecule has 0 aliphatic carbocycles. The van der Waals surface area contributed by atoms with Gasteiger partial charge in [0.2, 0.25) is 5.69 Å². The molecule has 0 fully saturated rings. The van der Waals surface area contributed by atoms with Crippen LogP contribution in [0.4, 0.5) is 5.69 Å². The van der Waals surface area contributed by atoms with E-state index in [0.29, 0.717) is 17.5 Å². The Morgan fingerprint density at radius 2 is 1.15 bits per heavy atom. The van der Waals surface area contributed by atoms with Crippen LogP contribution in [-0.4, -0.2) is 30.2 Å². The first-order valence-corrected chi connectivity index (χ1v) is 35.3. The number of hydrogen-bond acceptors (Lipinski definition) is 5. The minimum absolute atomic E-state index is 0. The van der Waals surface area contributed by atoms with E-state index in [0.717, 1.165) is 53.3 Å². The average Bonchev–Trinajstić information content (AvgIpc) is 1.52. The van der Waals surface area contributed by atoms with Gasteiger partial charge in [0, 0.05) is 102 Å². The fourth-order valence-corrected chi connectivity index (χ4v) is 14.9. The predicted octanol–water partition coefficient (Wildman–Crippen LogP) is 20.1. The Kier molecular flexibility index (Phi) is 17.2. The molecule has 0 amide bonds. The molecule has 108 heavy (non-hydrogen) atoms. The van der Waals surface area contributed by atoms with Crippen LogP contribution in [0.5, 0.6) is 5.75 Å². The van der Waals surface area contributed by atoms with Crippen molar-refractivity contribution in [3.8, 4) is 62.4 Å². The van der Waals surface area contributed by atoms with Crippen LogP contribution >= 0.6 is 0 Å². The second-order valence-electron chi connectivity index (χ2n) is 26.0. The molecule has 1 unspecified atom stereocenters. The van der Waals surface area contributed by atoms with Crippen molar-refractivity contribution in [1.29, 1.82) is 0 Å². The van der Waals surface area contributed by atoms with Crippen molar-refractivity contribution in [1.82, 2.24) is 24.0 Å². The molecule has 0 saturated heterocycles. The first-order valence-electron chi connectivity index (χ1n) is 39.3. The van der Waals surface area contributed by atoms with Crippen LogP contribution in [0.2, 0.25) is 0 Å². The summed E-state index contributed by atoms with van der Waals surface area (Å²) in [5, 5.41) is 5.11. The van der Waals surface area contributed by atoms with Gasteiger partial charge in [0.1, 0.15) is 44.4 Å². The zero-order chi connectivity index (χ0) is 77.7. The molecule has 1 radical (unpaired) electrons. The fourth-order valence-electron chi connectivity index (χ4n) is 14.9. The Hall–Kier alpha value is -13.2. The Morgan fingerprint density at radius 1 is 0.519 bits per heavy atom. The number of nitrogens with zero attached hydrogens (tertiary/aromatic N) is 9. The third-order valence-electron chi connectivity index (χ3n) is 19.8. The van der Waals surface area contributed by atoms with Crippen molar-refractivity contribution in [2.24, 2.45) is 0 Å². The summed E-state index contributed by atoms with van der Waals surface area (Å²) in [4.78, 5) is 13.2. The maximum atomic E-state index is 7.98. The van der Waals surface area contributed by atoms with E-state index in [2.05, 4.69) is 282 Å². The Labute approximate surface area is 654 Å². The number of ether oxygens (including phenoxy) is 1.